The molecule has 5 aromatic carbocycles. The fourth-order valence-electron chi connectivity index (χ4n) is 6.39. The summed E-state index contributed by atoms with van der Waals surface area (Å²) in [6, 6.07) is 39.7. The molecule has 6 aromatic rings. The summed E-state index contributed by atoms with van der Waals surface area (Å²) in [4.78, 5) is 10.1. The Balaban J connectivity index is 1.52. The first-order valence-electron chi connectivity index (χ1n) is 15.1. The third kappa shape index (κ3) is 4.43. The molecule has 1 aliphatic rings. The topological polar surface area (TPSA) is 44.5 Å². The molecule has 214 valence electrons. The predicted molar refractivity (Wildman–Crippen MR) is 178 cm³/mol. The highest BCUT2D eigenvalue weighted by atomic mass is 16.3. The number of aromatic hydroxyl groups is 1. The third-order valence-corrected chi connectivity index (χ3v) is 8.48. The van der Waals surface area contributed by atoms with Crippen molar-refractivity contribution in [2.24, 2.45) is 0 Å². The number of para-hydroxylation sites is 6. The van der Waals surface area contributed by atoms with E-state index in [0.29, 0.717) is 24.1 Å². The van der Waals surface area contributed by atoms with Gasteiger partial charge in [-0.25, -0.2) is 4.98 Å². The molecule has 0 saturated carbocycles. The third-order valence-electron chi connectivity index (χ3n) is 8.48. The molecule has 1 N–H and O–H groups in total. The monoisotopic (exact) mass is 564 g/mol. The van der Waals surface area contributed by atoms with Crippen molar-refractivity contribution in [2.75, 3.05) is 16.5 Å². The molecule has 5 nitrogen and oxygen atoms in total. The Bertz CT molecular complexity index is 1910. The minimum atomic E-state index is 0.218. The van der Waals surface area contributed by atoms with Crippen molar-refractivity contribution < 1.29 is 5.11 Å². The maximum atomic E-state index is 11.1. The van der Waals surface area contributed by atoms with Gasteiger partial charge in [0.2, 0.25) is 0 Å². The summed E-state index contributed by atoms with van der Waals surface area (Å²) in [5.74, 6) is 1.56. The molecule has 0 bridgehead atoms. The number of nitrogens with zero attached hydrogens (tertiary/aromatic N) is 4. The maximum absolute atomic E-state index is 11.1. The van der Waals surface area contributed by atoms with E-state index in [9.17, 15) is 5.11 Å². The second kappa shape index (κ2) is 10.7. The van der Waals surface area contributed by atoms with Crippen LogP contribution in [0.3, 0.4) is 0 Å². The van der Waals surface area contributed by atoms with Crippen molar-refractivity contribution in [3.05, 3.63) is 126 Å². The van der Waals surface area contributed by atoms with Gasteiger partial charge in [-0.2, -0.15) is 0 Å². The van der Waals surface area contributed by atoms with Crippen LogP contribution in [0, 0.1) is 0 Å². The molecular weight excluding hydrogens is 528 g/mol. The number of imidazole rings is 1. The Labute approximate surface area is 253 Å². The standard InChI is InChI=1S/C38H36N4O/c1-25(2)28-17-12-18-29(26(3)4)37(28)42-34-22-13-21-33(36(34)39-38(42)30-16-8-11-23-35(30)43)41-24-40(27-14-6-5-7-15-27)31-19-9-10-20-32(31)41/h5-23,25-26,43H,24H2,1-4H3. The van der Waals surface area contributed by atoms with Crippen LogP contribution in [0.4, 0.5) is 22.7 Å². The Kier molecular flexibility index (Phi) is 6.66. The van der Waals surface area contributed by atoms with Gasteiger partial charge in [-0.15, -0.1) is 0 Å². The average molecular weight is 565 g/mol. The number of hydrogen-bond acceptors (Lipinski definition) is 4. The summed E-state index contributed by atoms with van der Waals surface area (Å²) >= 11 is 0. The molecule has 0 aliphatic carbocycles. The maximum Gasteiger partial charge on any atom is 0.149 e. The number of fused-ring (bicyclic) bond motifs is 2. The van der Waals surface area contributed by atoms with Crippen LogP contribution in [0.5, 0.6) is 5.75 Å². The van der Waals surface area contributed by atoms with E-state index < -0.39 is 0 Å². The van der Waals surface area contributed by atoms with Crippen LogP contribution in [0.1, 0.15) is 50.7 Å². The first kappa shape index (κ1) is 26.8. The molecule has 0 radical (unpaired) electrons. The van der Waals surface area contributed by atoms with Crippen LogP contribution in [-0.2, 0) is 0 Å². The van der Waals surface area contributed by atoms with Crippen LogP contribution >= 0.6 is 0 Å². The Morgan fingerprint density at radius 2 is 1.19 bits per heavy atom. The van der Waals surface area contributed by atoms with E-state index in [1.807, 2.05) is 18.2 Å². The number of aromatic nitrogens is 2. The van der Waals surface area contributed by atoms with E-state index >= 15 is 0 Å². The molecule has 1 aliphatic heterocycles. The lowest BCUT2D eigenvalue weighted by atomic mass is 9.92. The van der Waals surface area contributed by atoms with E-state index in [1.165, 1.54) is 16.8 Å². The van der Waals surface area contributed by atoms with Crippen LogP contribution in [0.15, 0.2) is 115 Å². The van der Waals surface area contributed by atoms with E-state index in [1.54, 1.807) is 6.07 Å². The summed E-state index contributed by atoms with van der Waals surface area (Å²) in [5.41, 5.74) is 10.8. The Hall–Kier alpha value is -5.03. The molecule has 2 heterocycles. The van der Waals surface area contributed by atoms with Crippen molar-refractivity contribution >= 4 is 33.8 Å². The van der Waals surface area contributed by atoms with Gasteiger partial charge in [0.1, 0.15) is 23.8 Å². The zero-order valence-corrected chi connectivity index (χ0v) is 25.1. The average Bonchev–Trinajstić information content (AvgIpc) is 3.60. The zero-order valence-electron chi connectivity index (χ0n) is 25.1. The highest BCUT2D eigenvalue weighted by Gasteiger charge is 2.31. The lowest BCUT2D eigenvalue weighted by Crippen LogP contribution is -2.24. The summed E-state index contributed by atoms with van der Waals surface area (Å²) < 4.78 is 2.29. The van der Waals surface area contributed by atoms with Crippen LogP contribution in [0.25, 0.3) is 28.1 Å². The van der Waals surface area contributed by atoms with Crippen molar-refractivity contribution in [1.82, 2.24) is 9.55 Å². The number of benzene rings is 5. The second-order valence-electron chi connectivity index (χ2n) is 11.8. The quantitative estimate of drug-likeness (QED) is 0.219. The summed E-state index contributed by atoms with van der Waals surface area (Å²) in [6.45, 7) is 9.64. The van der Waals surface area contributed by atoms with Crippen LogP contribution in [0.2, 0.25) is 0 Å². The molecule has 5 heteroatoms. The van der Waals surface area contributed by atoms with Crippen molar-refractivity contribution in [3.8, 4) is 22.8 Å². The van der Waals surface area contributed by atoms with Crippen LogP contribution < -0.4 is 9.80 Å². The molecule has 0 saturated heterocycles. The molecular formula is C38H36N4O. The van der Waals surface area contributed by atoms with Crippen molar-refractivity contribution in [3.63, 3.8) is 0 Å². The van der Waals surface area contributed by atoms with Gasteiger partial charge in [0.05, 0.1) is 33.8 Å². The fourth-order valence-corrected chi connectivity index (χ4v) is 6.39. The molecule has 0 unspecified atom stereocenters. The van der Waals surface area contributed by atoms with E-state index in [4.69, 9.17) is 4.98 Å². The van der Waals surface area contributed by atoms with E-state index in [0.717, 1.165) is 39.6 Å². The number of phenols is 1. The van der Waals surface area contributed by atoms with E-state index in [2.05, 4.69) is 133 Å². The first-order chi connectivity index (χ1) is 20.9. The van der Waals surface area contributed by atoms with Gasteiger partial charge in [0.25, 0.3) is 0 Å². The molecule has 0 amide bonds. The molecule has 43 heavy (non-hydrogen) atoms. The van der Waals surface area contributed by atoms with Gasteiger partial charge in [0.15, 0.2) is 0 Å². The molecule has 7 rings (SSSR count). The molecule has 0 spiro atoms. The van der Waals surface area contributed by atoms with Gasteiger partial charge < -0.3 is 14.9 Å². The largest absolute Gasteiger partial charge is 0.507 e. The van der Waals surface area contributed by atoms with Gasteiger partial charge in [-0.3, -0.25) is 4.57 Å². The Morgan fingerprint density at radius 3 is 1.86 bits per heavy atom. The number of hydrogen-bond donors (Lipinski definition) is 1. The summed E-state index contributed by atoms with van der Waals surface area (Å²) in [6.07, 6.45) is 0. The van der Waals surface area contributed by atoms with Crippen molar-refractivity contribution in [2.45, 2.75) is 39.5 Å². The van der Waals surface area contributed by atoms with Gasteiger partial charge >= 0.3 is 0 Å². The predicted octanol–water partition coefficient (Wildman–Crippen LogP) is 9.89. The Morgan fingerprint density at radius 1 is 0.605 bits per heavy atom. The van der Waals surface area contributed by atoms with Crippen LogP contribution in [-0.4, -0.2) is 21.3 Å². The highest BCUT2D eigenvalue weighted by molar-refractivity contribution is 5.99. The normalized spacial score (nSPS) is 13.0. The first-order valence-corrected chi connectivity index (χ1v) is 15.1. The minimum Gasteiger partial charge on any atom is -0.507 e. The highest BCUT2D eigenvalue weighted by Crippen LogP contribution is 2.47. The van der Waals surface area contributed by atoms with Gasteiger partial charge in [-0.05, 0) is 71.5 Å². The lowest BCUT2D eigenvalue weighted by Gasteiger charge is -2.23. The molecule has 1 aromatic heterocycles. The van der Waals surface area contributed by atoms with E-state index in [-0.39, 0.29) is 5.75 Å². The summed E-state index contributed by atoms with van der Waals surface area (Å²) in [7, 11) is 0. The minimum absolute atomic E-state index is 0.218. The number of phenolic OH excluding ortho intramolecular Hbond substituents is 1. The van der Waals surface area contributed by atoms with Gasteiger partial charge in [-0.1, -0.05) is 94.4 Å². The number of rotatable bonds is 6. The van der Waals surface area contributed by atoms with Crippen molar-refractivity contribution in [1.29, 1.82) is 0 Å². The molecule has 0 fully saturated rings. The molecule has 0 atom stereocenters. The SMILES string of the molecule is CC(C)c1cccc(C(C)C)c1-n1c(-c2ccccc2O)nc2c(N3CN(c4ccccc4)c4ccccc43)cccc21. The summed E-state index contributed by atoms with van der Waals surface area (Å²) in [5, 5.41) is 11.1. The van der Waals surface area contributed by atoms with Gasteiger partial charge in [0, 0.05) is 5.69 Å². The number of anilines is 4. The zero-order chi connectivity index (χ0) is 29.7. The second-order valence-corrected chi connectivity index (χ2v) is 11.8. The smallest absolute Gasteiger partial charge is 0.149 e. The fraction of sp³-hybridized carbons (Fsp3) is 0.184. The lowest BCUT2D eigenvalue weighted by molar-refractivity contribution is 0.477.